The number of nitrogens with one attached hydrogen (secondary N) is 2. The van der Waals surface area contributed by atoms with Gasteiger partial charge in [-0.2, -0.15) is 0 Å². The van der Waals surface area contributed by atoms with E-state index >= 15 is 0 Å². The van der Waals surface area contributed by atoms with Crippen LogP contribution in [-0.2, 0) is 16.6 Å². The predicted octanol–water partition coefficient (Wildman–Crippen LogP) is 2.24. The first-order valence-corrected chi connectivity index (χ1v) is 9.27. The van der Waals surface area contributed by atoms with Crippen LogP contribution in [0.25, 0.3) is 0 Å². The molecule has 2 fully saturated rings. The summed E-state index contributed by atoms with van der Waals surface area (Å²) in [5, 5.41) is 3.44. The Kier molecular flexibility index (Phi) is 4.08. The molecule has 0 amide bonds. The lowest BCUT2D eigenvalue weighted by Crippen LogP contribution is -2.27. The largest absolute Gasteiger partial charge is 0.310 e. The Labute approximate surface area is 127 Å². The summed E-state index contributed by atoms with van der Waals surface area (Å²) in [4.78, 5) is 0.441. The van der Waals surface area contributed by atoms with Gasteiger partial charge in [0.05, 0.1) is 4.90 Å². The van der Waals surface area contributed by atoms with E-state index in [1.165, 1.54) is 12.8 Å². The van der Waals surface area contributed by atoms with Gasteiger partial charge in [-0.1, -0.05) is 6.07 Å². The second-order valence-corrected chi connectivity index (χ2v) is 8.22. The molecule has 2 N–H and O–H groups in total. The van der Waals surface area contributed by atoms with Crippen molar-refractivity contribution >= 4 is 10.0 Å². The third-order valence-corrected chi connectivity index (χ3v) is 5.95. The maximum Gasteiger partial charge on any atom is 0.240 e. The Balaban J connectivity index is 1.80. The quantitative estimate of drug-likeness (QED) is 0.812. The Morgan fingerprint density at radius 1 is 1.14 bits per heavy atom. The molecule has 5 heteroatoms. The molecule has 4 nitrogen and oxygen atoms in total. The van der Waals surface area contributed by atoms with Crippen molar-refractivity contribution in [2.75, 3.05) is 6.54 Å². The summed E-state index contributed by atoms with van der Waals surface area (Å²) in [6.45, 7) is 5.19. The fraction of sp³-hybridized carbons (Fsp3) is 0.625. The zero-order chi connectivity index (χ0) is 15.0. The highest BCUT2D eigenvalue weighted by atomic mass is 32.2. The van der Waals surface area contributed by atoms with Gasteiger partial charge >= 0.3 is 0 Å². The average molecular weight is 308 g/mol. The molecular formula is C16H24N2O2S. The topological polar surface area (TPSA) is 58.2 Å². The van der Waals surface area contributed by atoms with Crippen molar-refractivity contribution in [2.45, 2.75) is 57.0 Å². The Morgan fingerprint density at radius 3 is 2.48 bits per heavy atom. The number of hydrogen-bond donors (Lipinski definition) is 2. The molecule has 2 aliphatic rings. The van der Waals surface area contributed by atoms with E-state index in [2.05, 4.69) is 16.1 Å². The fourth-order valence-electron chi connectivity index (χ4n) is 2.46. The number of rotatable bonds is 7. The second kappa shape index (κ2) is 5.71. The zero-order valence-electron chi connectivity index (χ0n) is 12.8. The van der Waals surface area contributed by atoms with Gasteiger partial charge in [-0.3, -0.25) is 0 Å². The number of benzene rings is 1. The summed E-state index contributed by atoms with van der Waals surface area (Å²) in [7, 11) is -3.39. The molecule has 0 bridgehead atoms. The summed E-state index contributed by atoms with van der Waals surface area (Å²) in [6.07, 6.45) is 4.76. The molecule has 0 atom stereocenters. The van der Waals surface area contributed by atoms with Crippen LogP contribution in [0.2, 0.25) is 0 Å². The van der Waals surface area contributed by atoms with Crippen LogP contribution >= 0.6 is 0 Å². The van der Waals surface area contributed by atoms with E-state index < -0.39 is 10.0 Å². The number of hydrogen-bond acceptors (Lipinski definition) is 3. The molecule has 0 radical (unpaired) electrons. The van der Waals surface area contributed by atoms with Gasteiger partial charge in [0.15, 0.2) is 0 Å². The first-order valence-electron chi connectivity index (χ1n) is 7.79. The monoisotopic (exact) mass is 308 g/mol. The molecule has 2 saturated carbocycles. The lowest BCUT2D eigenvalue weighted by Gasteiger charge is -2.14. The van der Waals surface area contributed by atoms with Gasteiger partial charge < -0.3 is 5.32 Å². The molecule has 0 spiro atoms. The van der Waals surface area contributed by atoms with Gasteiger partial charge in [-0.15, -0.1) is 0 Å². The molecule has 0 aliphatic heterocycles. The predicted molar refractivity (Wildman–Crippen MR) is 83.7 cm³/mol. The molecule has 116 valence electrons. The van der Waals surface area contributed by atoms with E-state index in [1.54, 1.807) is 0 Å². The van der Waals surface area contributed by atoms with Crippen molar-refractivity contribution < 1.29 is 8.42 Å². The van der Waals surface area contributed by atoms with Crippen LogP contribution in [0.15, 0.2) is 17.0 Å². The standard InChI is InChI=1S/C16H24N2O2S/c1-11-7-14(9-17-15-5-6-15)8-16(12(11)2)21(19,20)18-10-13-3-4-13/h7-8,13,15,17-18H,3-6,9-10H2,1-2H3. The van der Waals surface area contributed by atoms with Gasteiger partial charge in [0.25, 0.3) is 0 Å². The van der Waals surface area contributed by atoms with Crippen LogP contribution < -0.4 is 10.0 Å². The molecule has 0 aromatic heterocycles. The van der Waals surface area contributed by atoms with Crippen molar-refractivity contribution in [1.29, 1.82) is 0 Å². The van der Waals surface area contributed by atoms with Gasteiger partial charge in [0.1, 0.15) is 0 Å². The Hall–Kier alpha value is -0.910. The van der Waals surface area contributed by atoms with Crippen LogP contribution in [0, 0.1) is 19.8 Å². The van der Waals surface area contributed by atoms with Crippen molar-refractivity contribution in [3.8, 4) is 0 Å². The van der Waals surface area contributed by atoms with Crippen molar-refractivity contribution in [3.05, 3.63) is 28.8 Å². The number of sulfonamides is 1. The molecule has 1 aromatic carbocycles. The normalized spacial score (nSPS) is 19.0. The summed E-state index contributed by atoms with van der Waals surface area (Å²) in [5.41, 5.74) is 2.95. The number of aryl methyl sites for hydroxylation is 1. The molecule has 1 aromatic rings. The summed E-state index contributed by atoms with van der Waals surface area (Å²) in [6, 6.07) is 4.54. The molecule has 0 saturated heterocycles. The lowest BCUT2D eigenvalue weighted by atomic mass is 10.1. The summed E-state index contributed by atoms with van der Waals surface area (Å²) < 4.78 is 27.8. The highest BCUT2D eigenvalue weighted by Crippen LogP contribution is 2.29. The van der Waals surface area contributed by atoms with Crippen LogP contribution in [0.3, 0.4) is 0 Å². The molecule has 2 aliphatic carbocycles. The average Bonchev–Trinajstić information content (AvgIpc) is 3.31. The molecule has 0 unspecified atom stereocenters. The SMILES string of the molecule is Cc1cc(CNC2CC2)cc(S(=O)(=O)NCC2CC2)c1C. The highest BCUT2D eigenvalue weighted by molar-refractivity contribution is 7.89. The van der Waals surface area contributed by atoms with Crippen molar-refractivity contribution in [1.82, 2.24) is 10.0 Å². The maximum atomic E-state index is 12.5. The van der Waals surface area contributed by atoms with Gasteiger partial charge in [0.2, 0.25) is 10.0 Å². The van der Waals surface area contributed by atoms with E-state index in [0.29, 0.717) is 23.4 Å². The summed E-state index contributed by atoms with van der Waals surface area (Å²) in [5.74, 6) is 0.542. The molecule has 21 heavy (non-hydrogen) atoms. The Morgan fingerprint density at radius 2 is 1.86 bits per heavy atom. The minimum absolute atomic E-state index is 0.441. The van der Waals surface area contributed by atoms with E-state index in [9.17, 15) is 8.42 Å². The third-order valence-electron chi connectivity index (χ3n) is 4.40. The highest BCUT2D eigenvalue weighted by Gasteiger charge is 2.26. The van der Waals surface area contributed by atoms with Crippen LogP contribution in [0.5, 0.6) is 0 Å². The van der Waals surface area contributed by atoms with E-state index in [1.807, 2.05) is 19.9 Å². The summed E-state index contributed by atoms with van der Waals surface area (Å²) >= 11 is 0. The lowest BCUT2D eigenvalue weighted by molar-refractivity contribution is 0.576. The van der Waals surface area contributed by atoms with E-state index in [-0.39, 0.29) is 0 Å². The van der Waals surface area contributed by atoms with E-state index in [4.69, 9.17) is 0 Å². The smallest absolute Gasteiger partial charge is 0.240 e. The van der Waals surface area contributed by atoms with Crippen molar-refractivity contribution in [3.63, 3.8) is 0 Å². The third kappa shape index (κ3) is 3.84. The van der Waals surface area contributed by atoms with Gasteiger partial charge in [-0.05, 0) is 68.2 Å². The second-order valence-electron chi connectivity index (χ2n) is 6.49. The van der Waals surface area contributed by atoms with Crippen LogP contribution in [-0.4, -0.2) is 21.0 Å². The molecule has 0 heterocycles. The van der Waals surface area contributed by atoms with Crippen LogP contribution in [0.4, 0.5) is 0 Å². The zero-order valence-corrected chi connectivity index (χ0v) is 13.6. The van der Waals surface area contributed by atoms with Gasteiger partial charge in [-0.25, -0.2) is 13.1 Å². The first kappa shape index (κ1) is 15.0. The minimum Gasteiger partial charge on any atom is -0.310 e. The van der Waals surface area contributed by atoms with Crippen molar-refractivity contribution in [2.24, 2.45) is 5.92 Å². The molecular weight excluding hydrogens is 284 g/mol. The first-order chi connectivity index (χ1) is 9.95. The minimum atomic E-state index is -3.39. The van der Waals surface area contributed by atoms with Crippen LogP contribution in [0.1, 0.15) is 42.4 Å². The molecule has 3 rings (SSSR count). The Bertz CT molecular complexity index is 632. The fourth-order valence-corrected chi connectivity index (χ4v) is 3.94. The van der Waals surface area contributed by atoms with E-state index in [0.717, 1.165) is 36.1 Å². The maximum absolute atomic E-state index is 12.5. The van der Waals surface area contributed by atoms with Gasteiger partial charge in [0, 0.05) is 19.1 Å².